The zero-order valence-corrected chi connectivity index (χ0v) is 13.1. The second kappa shape index (κ2) is 6.65. The van der Waals surface area contributed by atoms with Gasteiger partial charge in [0.15, 0.2) is 11.4 Å². The summed E-state index contributed by atoms with van der Waals surface area (Å²) in [5, 5.41) is 8.73. The Morgan fingerprint density at radius 3 is 1.95 bits per heavy atom. The van der Waals surface area contributed by atoms with Crippen molar-refractivity contribution in [3.8, 4) is 17.6 Å². The zero-order valence-electron chi connectivity index (χ0n) is 10.6. The van der Waals surface area contributed by atoms with Gasteiger partial charge in [-0.1, -0.05) is 12.1 Å². The van der Waals surface area contributed by atoms with Gasteiger partial charge < -0.3 is 21.3 Å². The SMILES string of the molecule is [C-]#[N+]c1ccc(OP(=S)([S-])Oc2ccc(C#N)cc2)cc1. The number of benzene rings is 2. The van der Waals surface area contributed by atoms with E-state index in [9.17, 15) is 0 Å². The molecule has 104 valence electrons. The van der Waals surface area contributed by atoms with Crippen molar-refractivity contribution in [1.82, 2.24) is 0 Å². The summed E-state index contributed by atoms with van der Waals surface area (Å²) >= 11 is 10.4. The molecule has 0 aromatic heterocycles. The van der Waals surface area contributed by atoms with E-state index in [-0.39, 0.29) is 0 Å². The number of nitriles is 1. The van der Waals surface area contributed by atoms with Crippen LogP contribution in [0.1, 0.15) is 5.56 Å². The molecular weight excluding hydrogens is 323 g/mol. The maximum absolute atomic E-state index is 8.73. The molecule has 2 aromatic rings. The summed E-state index contributed by atoms with van der Waals surface area (Å²) < 4.78 is 11.0. The summed E-state index contributed by atoms with van der Waals surface area (Å²) in [5.41, 5.74) is -1.90. The quantitative estimate of drug-likeness (QED) is 0.474. The van der Waals surface area contributed by atoms with E-state index < -0.39 is 5.69 Å². The topological polar surface area (TPSA) is 46.6 Å². The van der Waals surface area contributed by atoms with Gasteiger partial charge in [-0.3, -0.25) is 0 Å². The Hall–Kier alpha value is -1.98. The predicted octanol–water partition coefficient (Wildman–Crippen LogP) is 4.34. The molecule has 0 amide bonds. The molecule has 0 aliphatic carbocycles. The van der Waals surface area contributed by atoms with Crippen LogP contribution in [0.2, 0.25) is 0 Å². The van der Waals surface area contributed by atoms with Crippen LogP contribution in [0.4, 0.5) is 5.69 Å². The fourth-order valence-electron chi connectivity index (χ4n) is 1.45. The van der Waals surface area contributed by atoms with Crippen LogP contribution in [-0.4, -0.2) is 0 Å². The van der Waals surface area contributed by atoms with Crippen LogP contribution in [0, 0.1) is 17.9 Å². The van der Waals surface area contributed by atoms with Gasteiger partial charge in [-0.25, -0.2) is 4.85 Å². The molecule has 7 heteroatoms. The molecule has 0 N–H and O–H groups in total. The molecule has 0 fully saturated rings. The van der Waals surface area contributed by atoms with E-state index >= 15 is 0 Å². The van der Waals surface area contributed by atoms with Crippen LogP contribution in [0.3, 0.4) is 0 Å². The first kappa shape index (κ1) is 15.4. The summed E-state index contributed by atoms with van der Waals surface area (Å²) in [6, 6.07) is 15.0. The molecule has 2 aromatic carbocycles. The van der Waals surface area contributed by atoms with Gasteiger partial charge in [-0.15, -0.1) is 0 Å². The van der Waals surface area contributed by atoms with Crippen molar-refractivity contribution in [2.45, 2.75) is 0 Å². The lowest BCUT2D eigenvalue weighted by molar-refractivity contribution is 0.507. The van der Waals surface area contributed by atoms with E-state index in [1.807, 2.05) is 6.07 Å². The van der Waals surface area contributed by atoms with Gasteiger partial charge in [0, 0.05) is 0 Å². The van der Waals surface area contributed by atoms with Crippen molar-refractivity contribution >= 4 is 35.4 Å². The Labute approximate surface area is 133 Å². The molecule has 0 spiro atoms. The molecule has 0 aliphatic heterocycles. The average molecular weight is 331 g/mol. The molecule has 4 nitrogen and oxygen atoms in total. The van der Waals surface area contributed by atoms with Crippen LogP contribution in [-0.2, 0) is 24.1 Å². The number of hydrogen-bond donors (Lipinski definition) is 0. The monoisotopic (exact) mass is 331 g/mol. The summed E-state index contributed by atoms with van der Waals surface area (Å²) in [6.07, 6.45) is 0. The summed E-state index contributed by atoms with van der Waals surface area (Å²) in [5.74, 6) is 0.930. The zero-order chi connectivity index (χ0) is 15.3. The first-order valence-electron chi connectivity index (χ1n) is 5.70. The maximum Gasteiger partial charge on any atom is 0.187 e. The third-order valence-corrected chi connectivity index (χ3v) is 4.15. The highest BCUT2D eigenvalue weighted by molar-refractivity contribution is 8.51. The van der Waals surface area contributed by atoms with E-state index in [0.29, 0.717) is 22.7 Å². The van der Waals surface area contributed by atoms with E-state index in [2.05, 4.69) is 4.85 Å². The minimum Gasteiger partial charge on any atom is -0.665 e. The number of hydrogen-bond acceptors (Lipinski definition) is 5. The van der Waals surface area contributed by atoms with Crippen LogP contribution in [0.15, 0.2) is 48.5 Å². The molecular formula is C14H8N2O2PS2-. The van der Waals surface area contributed by atoms with Crippen molar-refractivity contribution in [1.29, 1.82) is 5.26 Å². The lowest BCUT2D eigenvalue weighted by Gasteiger charge is -2.29. The Morgan fingerprint density at radius 2 is 1.52 bits per heavy atom. The summed E-state index contributed by atoms with van der Waals surface area (Å²) in [4.78, 5) is 3.29. The number of rotatable bonds is 4. The normalized spacial score (nSPS) is 12.5. The highest BCUT2D eigenvalue weighted by Gasteiger charge is 2.07. The van der Waals surface area contributed by atoms with Crippen molar-refractivity contribution in [3.05, 3.63) is 65.5 Å². The molecule has 0 radical (unpaired) electrons. The Balaban J connectivity index is 2.08. The second-order valence-corrected chi connectivity index (χ2v) is 8.71. The lowest BCUT2D eigenvalue weighted by atomic mass is 10.2. The molecule has 21 heavy (non-hydrogen) atoms. The maximum atomic E-state index is 8.73. The van der Waals surface area contributed by atoms with Crippen molar-refractivity contribution in [2.24, 2.45) is 0 Å². The Kier molecular flexibility index (Phi) is 4.88. The van der Waals surface area contributed by atoms with Crippen LogP contribution in [0.5, 0.6) is 11.5 Å². The molecule has 0 aliphatic rings. The summed E-state index contributed by atoms with van der Waals surface area (Å²) in [7, 11) is 0. The van der Waals surface area contributed by atoms with E-state index in [4.69, 9.17) is 44.9 Å². The predicted molar refractivity (Wildman–Crippen MR) is 86.8 cm³/mol. The highest BCUT2D eigenvalue weighted by atomic mass is 32.9. The Bertz CT molecular complexity index is 698. The second-order valence-electron chi connectivity index (χ2n) is 3.87. The van der Waals surface area contributed by atoms with Gasteiger partial charge in [0.25, 0.3) is 0 Å². The first-order valence-corrected chi connectivity index (χ1v) is 9.35. The fraction of sp³-hybridized carbons (Fsp3) is 0. The van der Waals surface area contributed by atoms with Crippen LogP contribution < -0.4 is 9.05 Å². The van der Waals surface area contributed by atoms with Gasteiger partial charge in [-0.05, 0) is 48.2 Å². The minimum atomic E-state index is -2.93. The third-order valence-electron chi connectivity index (χ3n) is 2.38. The molecule has 0 heterocycles. The van der Waals surface area contributed by atoms with E-state index in [0.717, 1.165) is 0 Å². The van der Waals surface area contributed by atoms with Gasteiger partial charge in [0.1, 0.15) is 11.5 Å². The first-order chi connectivity index (χ1) is 10.0. The largest absolute Gasteiger partial charge is 0.665 e. The minimum absolute atomic E-state index is 0.463. The molecule has 1 atom stereocenters. The molecule has 0 saturated heterocycles. The van der Waals surface area contributed by atoms with E-state index in [1.165, 1.54) is 0 Å². The van der Waals surface area contributed by atoms with Crippen molar-refractivity contribution in [2.75, 3.05) is 0 Å². The highest BCUT2D eigenvalue weighted by Crippen LogP contribution is 2.46. The Morgan fingerprint density at radius 1 is 1.05 bits per heavy atom. The van der Waals surface area contributed by atoms with Gasteiger partial charge in [0.2, 0.25) is 0 Å². The molecule has 2 rings (SSSR count). The van der Waals surface area contributed by atoms with Crippen molar-refractivity contribution in [3.63, 3.8) is 0 Å². The standard InChI is InChI=1S/C14H9N2O2PS2/c1-16-12-4-8-14(9-5-12)18-19(20,21)17-13-6-2-11(10-15)3-7-13/h2-9H,(H,20,21)/p-1. The van der Waals surface area contributed by atoms with Crippen LogP contribution in [0.25, 0.3) is 4.85 Å². The van der Waals surface area contributed by atoms with Gasteiger partial charge >= 0.3 is 0 Å². The smallest absolute Gasteiger partial charge is 0.187 e. The molecule has 0 bridgehead atoms. The average Bonchev–Trinajstić information content (AvgIpc) is 2.48. The molecule has 0 saturated carbocycles. The van der Waals surface area contributed by atoms with E-state index in [1.54, 1.807) is 48.5 Å². The van der Waals surface area contributed by atoms with Gasteiger partial charge in [0.05, 0.1) is 18.2 Å². The fourth-order valence-corrected chi connectivity index (χ4v) is 3.28. The van der Waals surface area contributed by atoms with Crippen molar-refractivity contribution < 1.29 is 9.05 Å². The van der Waals surface area contributed by atoms with Crippen LogP contribution >= 0.6 is 5.69 Å². The van der Waals surface area contributed by atoms with Gasteiger partial charge in [-0.2, -0.15) is 5.26 Å². The molecule has 1 unspecified atom stereocenters. The third kappa shape index (κ3) is 4.51. The lowest BCUT2D eigenvalue weighted by Crippen LogP contribution is -1.97. The summed E-state index contributed by atoms with van der Waals surface area (Å²) in [6.45, 7) is 6.88. The number of nitrogens with zero attached hydrogens (tertiary/aromatic N) is 2.